The van der Waals surface area contributed by atoms with E-state index in [0.717, 1.165) is 38.9 Å². The van der Waals surface area contributed by atoms with Gasteiger partial charge in [0.2, 0.25) is 5.91 Å². The number of halogens is 2. The van der Waals surface area contributed by atoms with Crippen LogP contribution in [0.2, 0.25) is 0 Å². The number of benzene rings is 2. The molecule has 7 nitrogen and oxygen atoms in total. The molecule has 0 spiro atoms. The smallest absolute Gasteiger partial charge is 0.283 e. The van der Waals surface area contributed by atoms with Crippen molar-refractivity contribution in [1.82, 2.24) is 19.4 Å². The number of fused-ring (bicyclic) bond motifs is 2. The lowest BCUT2D eigenvalue weighted by molar-refractivity contribution is -0.111. The van der Waals surface area contributed by atoms with Crippen LogP contribution in [0.25, 0.3) is 28.2 Å². The van der Waals surface area contributed by atoms with Crippen molar-refractivity contribution in [2.75, 3.05) is 25.6 Å². The van der Waals surface area contributed by atoms with Crippen LogP contribution in [0.15, 0.2) is 67.3 Å². The minimum Gasteiger partial charge on any atom is -0.378 e. The van der Waals surface area contributed by atoms with Crippen molar-refractivity contribution in [1.29, 1.82) is 0 Å². The second-order valence-corrected chi connectivity index (χ2v) is 9.26. The minimum absolute atomic E-state index is 0.293. The number of aryl methyl sites for hydroxylation is 1. The number of alkyl halides is 2. The summed E-state index contributed by atoms with van der Waals surface area (Å²) in [5.41, 5.74) is 7.20. The SMILES string of the molecule is COCC(F)(F)CN1Cc2ccc(NC(=O)C=Cc3cnccc3-c3ccc4ncn(C)c4c3)cc2C1. The van der Waals surface area contributed by atoms with Crippen molar-refractivity contribution < 1.29 is 18.3 Å². The van der Waals surface area contributed by atoms with E-state index in [1.54, 1.807) is 35.8 Å². The number of carbonyl (C=O) groups is 1. The van der Waals surface area contributed by atoms with Crippen molar-refractivity contribution >= 4 is 28.7 Å². The Hall–Kier alpha value is -3.95. The molecule has 1 amide bonds. The number of imidazole rings is 1. The first-order valence-corrected chi connectivity index (χ1v) is 11.9. The fourth-order valence-electron chi connectivity index (χ4n) is 4.68. The third kappa shape index (κ3) is 5.58. The van der Waals surface area contributed by atoms with Gasteiger partial charge in [-0.15, -0.1) is 0 Å². The largest absolute Gasteiger partial charge is 0.378 e. The molecule has 0 atom stereocenters. The van der Waals surface area contributed by atoms with Gasteiger partial charge in [-0.05, 0) is 58.7 Å². The monoisotopic (exact) mass is 503 g/mol. The van der Waals surface area contributed by atoms with Crippen LogP contribution in [0.4, 0.5) is 14.5 Å². The molecule has 0 saturated heterocycles. The number of carbonyl (C=O) groups excluding carboxylic acids is 1. The average Bonchev–Trinajstić information content (AvgIpc) is 3.44. The molecule has 1 aliphatic heterocycles. The fourth-order valence-corrected chi connectivity index (χ4v) is 4.68. The van der Waals surface area contributed by atoms with Gasteiger partial charge in [0.25, 0.3) is 5.92 Å². The maximum absolute atomic E-state index is 13.9. The Balaban J connectivity index is 1.27. The molecule has 3 heterocycles. The highest BCUT2D eigenvalue weighted by Gasteiger charge is 2.34. The Kier molecular flexibility index (Phi) is 6.82. The van der Waals surface area contributed by atoms with E-state index in [0.29, 0.717) is 18.8 Å². The van der Waals surface area contributed by atoms with Gasteiger partial charge in [-0.3, -0.25) is 14.7 Å². The molecule has 37 heavy (non-hydrogen) atoms. The number of ether oxygens (including phenoxy) is 1. The minimum atomic E-state index is -2.91. The number of anilines is 1. The molecule has 9 heteroatoms. The van der Waals surface area contributed by atoms with E-state index in [2.05, 4.69) is 26.1 Å². The Morgan fingerprint density at radius 2 is 2.00 bits per heavy atom. The summed E-state index contributed by atoms with van der Waals surface area (Å²) in [7, 11) is 3.22. The van der Waals surface area contributed by atoms with Crippen LogP contribution >= 0.6 is 0 Å². The predicted molar refractivity (Wildman–Crippen MR) is 139 cm³/mol. The zero-order chi connectivity index (χ0) is 26.0. The highest BCUT2D eigenvalue weighted by Crippen LogP contribution is 2.29. The van der Waals surface area contributed by atoms with Crippen LogP contribution < -0.4 is 5.32 Å². The van der Waals surface area contributed by atoms with Crippen LogP contribution in [0.1, 0.15) is 16.7 Å². The predicted octanol–water partition coefficient (Wildman–Crippen LogP) is 4.88. The van der Waals surface area contributed by atoms with E-state index < -0.39 is 12.5 Å². The lowest BCUT2D eigenvalue weighted by Crippen LogP contribution is -2.37. The summed E-state index contributed by atoms with van der Waals surface area (Å²) in [6.45, 7) is -0.142. The summed E-state index contributed by atoms with van der Waals surface area (Å²) in [6, 6.07) is 13.5. The van der Waals surface area contributed by atoms with Gasteiger partial charge < -0.3 is 14.6 Å². The van der Waals surface area contributed by atoms with E-state index in [4.69, 9.17) is 0 Å². The van der Waals surface area contributed by atoms with Crippen molar-refractivity contribution in [2.45, 2.75) is 19.0 Å². The topological polar surface area (TPSA) is 72.3 Å². The van der Waals surface area contributed by atoms with Crippen LogP contribution in [-0.2, 0) is 29.7 Å². The summed E-state index contributed by atoms with van der Waals surface area (Å²) in [5, 5.41) is 2.87. The Labute approximate surface area is 213 Å². The first-order valence-electron chi connectivity index (χ1n) is 11.9. The second kappa shape index (κ2) is 10.2. The first-order chi connectivity index (χ1) is 17.8. The summed E-state index contributed by atoms with van der Waals surface area (Å²) >= 11 is 0. The van der Waals surface area contributed by atoms with Gasteiger partial charge in [0.05, 0.1) is 23.9 Å². The standard InChI is InChI=1S/C28H27F2N5O2/c1-34-18-32-25-7-4-19(12-26(25)34)24-9-10-31-13-20(24)5-8-27(36)33-23-6-3-21-14-35(15-22(21)11-23)16-28(29,30)17-37-2/h3-13,18H,14-17H2,1-2H3,(H,33,36). The van der Waals surface area contributed by atoms with Gasteiger partial charge >= 0.3 is 0 Å². The number of methoxy groups -OCH3 is 1. The number of nitrogens with zero attached hydrogens (tertiary/aromatic N) is 4. The van der Waals surface area contributed by atoms with Crippen molar-refractivity contribution in [2.24, 2.45) is 7.05 Å². The number of nitrogens with one attached hydrogen (secondary N) is 1. The third-order valence-corrected chi connectivity index (χ3v) is 6.37. The molecule has 0 unspecified atom stereocenters. The normalized spacial score (nSPS) is 13.9. The third-order valence-electron chi connectivity index (χ3n) is 6.37. The van der Waals surface area contributed by atoms with Crippen molar-refractivity contribution in [3.8, 4) is 11.1 Å². The summed E-state index contributed by atoms with van der Waals surface area (Å²) in [6.07, 6.45) is 8.42. The highest BCUT2D eigenvalue weighted by atomic mass is 19.3. The molecular weight excluding hydrogens is 476 g/mol. The molecule has 0 bridgehead atoms. The zero-order valence-corrected chi connectivity index (χ0v) is 20.6. The Morgan fingerprint density at radius 1 is 1.16 bits per heavy atom. The molecule has 4 aromatic rings. The number of amides is 1. The highest BCUT2D eigenvalue weighted by molar-refractivity contribution is 6.02. The molecule has 2 aromatic carbocycles. The lowest BCUT2D eigenvalue weighted by Gasteiger charge is -2.22. The van der Waals surface area contributed by atoms with Crippen LogP contribution in [0.5, 0.6) is 0 Å². The summed E-state index contributed by atoms with van der Waals surface area (Å²) < 4.78 is 34.5. The number of hydrogen-bond acceptors (Lipinski definition) is 5. The maximum Gasteiger partial charge on any atom is 0.283 e. The van der Waals surface area contributed by atoms with E-state index in [1.807, 2.05) is 41.9 Å². The second-order valence-electron chi connectivity index (χ2n) is 9.26. The number of aromatic nitrogens is 3. The molecule has 0 fully saturated rings. The van der Waals surface area contributed by atoms with Crippen LogP contribution in [-0.4, -0.2) is 51.5 Å². The molecule has 190 valence electrons. The number of pyridine rings is 1. The van der Waals surface area contributed by atoms with E-state index in [9.17, 15) is 13.6 Å². The fraction of sp³-hybridized carbons (Fsp3) is 0.250. The lowest BCUT2D eigenvalue weighted by atomic mass is 10.0. The van der Waals surface area contributed by atoms with Gasteiger partial charge in [-0.1, -0.05) is 12.1 Å². The Bertz CT molecular complexity index is 1480. The molecule has 5 rings (SSSR count). The number of hydrogen-bond donors (Lipinski definition) is 1. The van der Waals surface area contributed by atoms with E-state index in [-0.39, 0.29) is 12.5 Å². The molecule has 0 radical (unpaired) electrons. The average molecular weight is 504 g/mol. The van der Waals surface area contributed by atoms with Crippen molar-refractivity contribution in [3.63, 3.8) is 0 Å². The summed E-state index contributed by atoms with van der Waals surface area (Å²) in [5.74, 6) is -3.20. The van der Waals surface area contributed by atoms with Gasteiger partial charge in [0, 0.05) is 57.0 Å². The van der Waals surface area contributed by atoms with Gasteiger partial charge in [0.1, 0.15) is 6.61 Å². The van der Waals surface area contributed by atoms with E-state index >= 15 is 0 Å². The molecule has 0 saturated carbocycles. The molecule has 1 aliphatic rings. The Morgan fingerprint density at radius 3 is 2.84 bits per heavy atom. The molecular formula is C28H27F2N5O2. The van der Waals surface area contributed by atoms with Crippen LogP contribution in [0.3, 0.4) is 0 Å². The van der Waals surface area contributed by atoms with Gasteiger partial charge in [-0.2, -0.15) is 0 Å². The number of rotatable bonds is 8. The first kappa shape index (κ1) is 24.7. The maximum atomic E-state index is 13.9. The quantitative estimate of drug-likeness (QED) is 0.347. The van der Waals surface area contributed by atoms with E-state index in [1.165, 1.54) is 13.2 Å². The zero-order valence-electron chi connectivity index (χ0n) is 20.6. The summed E-state index contributed by atoms with van der Waals surface area (Å²) in [4.78, 5) is 23.0. The van der Waals surface area contributed by atoms with Gasteiger partial charge in [-0.25, -0.2) is 13.8 Å². The molecule has 2 aromatic heterocycles. The molecule has 1 N–H and O–H groups in total. The van der Waals surface area contributed by atoms with Gasteiger partial charge in [0.15, 0.2) is 0 Å². The molecule has 0 aliphatic carbocycles. The van der Waals surface area contributed by atoms with Crippen molar-refractivity contribution in [3.05, 3.63) is 84.0 Å². The van der Waals surface area contributed by atoms with Crippen LogP contribution in [0, 0.1) is 0 Å².